The first-order valence-electron chi connectivity index (χ1n) is 6.03. The summed E-state index contributed by atoms with van der Waals surface area (Å²) in [5.74, 6) is 0.613. The fourth-order valence-electron chi connectivity index (χ4n) is 3.58. The van der Waals surface area contributed by atoms with Gasteiger partial charge in [0, 0.05) is 31.4 Å². The van der Waals surface area contributed by atoms with E-state index in [1.165, 1.54) is 36.8 Å². The molecular formula is C13H20N2. The molecule has 2 aliphatic carbocycles. The Morgan fingerprint density at radius 3 is 2.73 bits per heavy atom. The van der Waals surface area contributed by atoms with Crippen LogP contribution in [0.1, 0.15) is 43.2 Å². The molecule has 1 aromatic rings. The number of hydrogen-bond acceptors (Lipinski definition) is 1. The summed E-state index contributed by atoms with van der Waals surface area (Å²) in [5.41, 5.74) is 9.86. The highest BCUT2D eigenvalue weighted by molar-refractivity contribution is 5.36. The fourth-order valence-corrected chi connectivity index (χ4v) is 3.58. The van der Waals surface area contributed by atoms with E-state index in [2.05, 4.69) is 30.9 Å². The number of aryl methyl sites for hydroxylation is 2. The van der Waals surface area contributed by atoms with Crippen LogP contribution >= 0.6 is 0 Å². The lowest BCUT2D eigenvalue weighted by Crippen LogP contribution is -2.34. The van der Waals surface area contributed by atoms with Crippen molar-refractivity contribution in [1.82, 2.24) is 4.57 Å². The minimum absolute atomic E-state index is 0.300. The van der Waals surface area contributed by atoms with Crippen LogP contribution < -0.4 is 5.73 Å². The molecule has 0 saturated heterocycles. The molecule has 1 fully saturated rings. The minimum atomic E-state index is 0.300. The van der Waals surface area contributed by atoms with Crippen molar-refractivity contribution in [2.75, 3.05) is 0 Å². The van der Waals surface area contributed by atoms with Gasteiger partial charge in [-0.15, -0.1) is 0 Å². The van der Waals surface area contributed by atoms with E-state index < -0.39 is 0 Å². The third-order valence-electron chi connectivity index (χ3n) is 4.38. The van der Waals surface area contributed by atoms with Crippen molar-refractivity contribution in [2.45, 2.75) is 44.6 Å². The maximum atomic E-state index is 6.20. The first-order valence-corrected chi connectivity index (χ1v) is 6.03. The third kappa shape index (κ3) is 1.27. The molecule has 3 rings (SSSR count). The van der Waals surface area contributed by atoms with Crippen molar-refractivity contribution in [3.8, 4) is 0 Å². The van der Waals surface area contributed by atoms with Gasteiger partial charge in [0.1, 0.15) is 0 Å². The maximum Gasteiger partial charge on any atom is 0.0106 e. The standard InChI is InChI=1S/C13H20N2/c1-9(14)12-11-8-15(2)7-10(11)3-4-13(12)5-6-13/h7-9,12H,3-6,14H2,1-2H3. The molecular weight excluding hydrogens is 184 g/mol. The van der Waals surface area contributed by atoms with Crippen molar-refractivity contribution in [2.24, 2.45) is 18.2 Å². The van der Waals surface area contributed by atoms with E-state index in [4.69, 9.17) is 5.73 Å². The Morgan fingerprint density at radius 1 is 1.40 bits per heavy atom. The Labute approximate surface area is 91.5 Å². The number of nitrogens with zero attached hydrogens (tertiary/aromatic N) is 1. The van der Waals surface area contributed by atoms with Gasteiger partial charge in [-0.05, 0) is 49.1 Å². The lowest BCUT2D eigenvalue weighted by Gasteiger charge is -2.34. The van der Waals surface area contributed by atoms with E-state index in [9.17, 15) is 0 Å². The van der Waals surface area contributed by atoms with E-state index in [0.29, 0.717) is 17.4 Å². The highest BCUT2D eigenvalue weighted by Gasteiger charge is 2.53. The third-order valence-corrected chi connectivity index (χ3v) is 4.38. The van der Waals surface area contributed by atoms with E-state index in [0.717, 1.165) is 0 Å². The van der Waals surface area contributed by atoms with E-state index in [-0.39, 0.29) is 0 Å². The van der Waals surface area contributed by atoms with Crippen molar-refractivity contribution < 1.29 is 0 Å². The zero-order valence-electron chi connectivity index (χ0n) is 9.66. The van der Waals surface area contributed by atoms with Crippen LogP contribution in [0.15, 0.2) is 12.4 Å². The van der Waals surface area contributed by atoms with Crippen LogP contribution in [0, 0.1) is 5.41 Å². The first kappa shape index (κ1) is 9.46. The van der Waals surface area contributed by atoms with Gasteiger partial charge in [-0.1, -0.05) is 0 Å². The molecule has 1 heterocycles. The SMILES string of the molecule is CC(N)C1c2cn(C)cc2CCC12CC2. The Bertz CT molecular complexity index is 385. The molecule has 0 aromatic carbocycles. The largest absolute Gasteiger partial charge is 0.357 e. The zero-order chi connectivity index (χ0) is 10.6. The topological polar surface area (TPSA) is 30.9 Å². The average molecular weight is 204 g/mol. The Balaban J connectivity index is 2.07. The monoisotopic (exact) mass is 204 g/mol. The summed E-state index contributed by atoms with van der Waals surface area (Å²) in [4.78, 5) is 0. The van der Waals surface area contributed by atoms with Crippen molar-refractivity contribution in [3.63, 3.8) is 0 Å². The molecule has 2 nitrogen and oxygen atoms in total. The number of aromatic nitrogens is 1. The second-order valence-electron chi connectivity index (χ2n) is 5.60. The lowest BCUT2D eigenvalue weighted by molar-refractivity contribution is 0.314. The summed E-state index contributed by atoms with van der Waals surface area (Å²) in [6.45, 7) is 2.17. The summed E-state index contributed by atoms with van der Waals surface area (Å²) in [6, 6.07) is 0.300. The predicted molar refractivity (Wildman–Crippen MR) is 61.8 cm³/mol. The Hall–Kier alpha value is -0.760. The molecule has 2 atom stereocenters. The van der Waals surface area contributed by atoms with Crippen molar-refractivity contribution >= 4 is 0 Å². The van der Waals surface area contributed by atoms with Gasteiger partial charge < -0.3 is 10.3 Å². The smallest absolute Gasteiger partial charge is 0.0106 e. The van der Waals surface area contributed by atoms with Gasteiger partial charge >= 0.3 is 0 Å². The van der Waals surface area contributed by atoms with Crippen molar-refractivity contribution in [1.29, 1.82) is 0 Å². The minimum Gasteiger partial charge on any atom is -0.357 e. The Morgan fingerprint density at radius 2 is 2.13 bits per heavy atom. The van der Waals surface area contributed by atoms with E-state index in [1.54, 1.807) is 0 Å². The van der Waals surface area contributed by atoms with Gasteiger partial charge in [-0.25, -0.2) is 0 Å². The highest BCUT2D eigenvalue weighted by atomic mass is 14.9. The normalized spacial score (nSPS) is 28.9. The quantitative estimate of drug-likeness (QED) is 0.747. The van der Waals surface area contributed by atoms with Gasteiger partial charge in [0.25, 0.3) is 0 Å². The van der Waals surface area contributed by atoms with Crippen LogP contribution in [0.25, 0.3) is 0 Å². The predicted octanol–water partition coefficient (Wildman–Crippen LogP) is 2.18. The number of rotatable bonds is 1. The molecule has 0 amide bonds. The summed E-state index contributed by atoms with van der Waals surface area (Å²) in [6.07, 6.45) is 9.99. The molecule has 2 N–H and O–H groups in total. The molecule has 1 aromatic heterocycles. The van der Waals surface area contributed by atoms with Gasteiger partial charge in [0.15, 0.2) is 0 Å². The van der Waals surface area contributed by atoms with Gasteiger partial charge in [-0.3, -0.25) is 0 Å². The molecule has 0 bridgehead atoms. The molecule has 15 heavy (non-hydrogen) atoms. The van der Waals surface area contributed by atoms with E-state index >= 15 is 0 Å². The molecule has 82 valence electrons. The molecule has 0 aliphatic heterocycles. The average Bonchev–Trinajstić information content (AvgIpc) is 2.80. The van der Waals surface area contributed by atoms with Crippen LogP contribution in [-0.4, -0.2) is 10.6 Å². The van der Waals surface area contributed by atoms with Crippen LogP contribution in [-0.2, 0) is 13.5 Å². The molecule has 1 saturated carbocycles. The van der Waals surface area contributed by atoms with Gasteiger partial charge in [0.05, 0.1) is 0 Å². The fraction of sp³-hybridized carbons (Fsp3) is 0.692. The summed E-state index contributed by atoms with van der Waals surface area (Å²) < 4.78 is 2.20. The van der Waals surface area contributed by atoms with Crippen LogP contribution in [0.3, 0.4) is 0 Å². The first-order chi connectivity index (χ1) is 7.12. The molecule has 1 spiro atoms. The second-order valence-corrected chi connectivity index (χ2v) is 5.60. The molecule has 2 heteroatoms. The maximum absolute atomic E-state index is 6.20. The molecule has 2 unspecified atom stereocenters. The molecule has 2 aliphatic rings. The van der Waals surface area contributed by atoms with Crippen LogP contribution in [0.2, 0.25) is 0 Å². The number of nitrogens with two attached hydrogens (primary N) is 1. The van der Waals surface area contributed by atoms with Crippen LogP contribution in [0.4, 0.5) is 0 Å². The van der Waals surface area contributed by atoms with Gasteiger partial charge in [-0.2, -0.15) is 0 Å². The second kappa shape index (κ2) is 2.88. The summed E-state index contributed by atoms with van der Waals surface area (Å²) in [7, 11) is 2.12. The number of hydrogen-bond donors (Lipinski definition) is 1. The zero-order valence-corrected chi connectivity index (χ0v) is 9.66. The van der Waals surface area contributed by atoms with Gasteiger partial charge in [0.2, 0.25) is 0 Å². The van der Waals surface area contributed by atoms with E-state index in [1.807, 2.05) is 0 Å². The number of fused-ring (bicyclic) bond motifs is 1. The van der Waals surface area contributed by atoms with Crippen LogP contribution in [0.5, 0.6) is 0 Å². The lowest BCUT2D eigenvalue weighted by atomic mass is 9.71. The highest BCUT2D eigenvalue weighted by Crippen LogP contribution is 2.62. The van der Waals surface area contributed by atoms with Crippen molar-refractivity contribution in [3.05, 3.63) is 23.5 Å². The molecule has 0 radical (unpaired) electrons. The Kier molecular flexibility index (Phi) is 1.82. The summed E-state index contributed by atoms with van der Waals surface area (Å²) in [5, 5.41) is 0. The summed E-state index contributed by atoms with van der Waals surface area (Å²) >= 11 is 0.